The lowest BCUT2D eigenvalue weighted by molar-refractivity contribution is 0.0951. The summed E-state index contributed by atoms with van der Waals surface area (Å²) in [5, 5.41) is 46.7. The van der Waals surface area contributed by atoms with Crippen LogP contribution in [-0.4, -0.2) is 238 Å². The van der Waals surface area contributed by atoms with Gasteiger partial charge in [-0.2, -0.15) is 0 Å². The van der Waals surface area contributed by atoms with Gasteiger partial charge in [-0.15, -0.1) is 0 Å². The fraction of sp³-hybridized carbons (Fsp3) is 0.208. The zero-order valence-corrected chi connectivity index (χ0v) is 82.0. The average molecular weight is 1990 g/mol. The molecule has 10 rings (SSSR count). The number of nitrogens with one attached hydrogen (secondary N) is 19. The van der Waals surface area contributed by atoms with Gasteiger partial charge < -0.3 is 142 Å². The summed E-state index contributed by atoms with van der Waals surface area (Å²) in [5.74, 6) is 4.43. The number of hydrogen-bond acceptors (Lipinski definition) is 28. The third-order valence-corrected chi connectivity index (χ3v) is 16.8. The van der Waals surface area contributed by atoms with Gasteiger partial charge in [0.25, 0.3) is 29.5 Å². The van der Waals surface area contributed by atoms with Gasteiger partial charge >= 0.3 is 66.8 Å². The molecular formula is C96H119N19O28. The van der Waals surface area contributed by atoms with Crippen LogP contribution in [0.1, 0.15) is 51.8 Å². The van der Waals surface area contributed by atoms with Gasteiger partial charge in [-0.05, 0) is 243 Å². The topological polar surface area (TPSA) is 612 Å². The van der Waals surface area contributed by atoms with Crippen molar-refractivity contribution in [3.05, 3.63) is 270 Å². The van der Waals surface area contributed by atoms with E-state index < -0.39 is 48.7 Å². The molecule has 0 aromatic heterocycles. The lowest BCUT2D eigenvalue weighted by atomic mass is 10.1. The Morgan fingerprint density at radius 3 is 0.448 bits per heavy atom. The molecule has 0 bridgehead atoms. The molecule has 47 nitrogen and oxygen atoms in total. The number of carbonyl (C=O) groups is 16. The second-order valence-corrected chi connectivity index (χ2v) is 26.2. The van der Waals surface area contributed by atoms with Gasteiger partial charge in [0.05, 0.1) is 49.8 Å². The highest BCUT2D eigenvalue weighted by Gasteiger charge is 2.13. The van der Waals surface area contributed by atoms with Crippen LogP contribution < -0.4 is 144 Å². The highest BCUT2D eigenvalue weighted by Crippen LogP contribution is 2.23. The van der Waals surface area contributed by atoms with Crippen molar-refractivity contribution in [2.45, 2.75) is 0 Å². The Hall–Kier alpha value is -19.3. The minimum absolute atomic E-state index is 0.0855. The zero-order chi connectivity index (χ0) is 107. The number of methoxy groups -OCH3 is 7. The number of carbonyl (C=O) groups excluding carboxylic acids is 16. The van der Waals surface area contributed by atoms with E-state index in [1.54, 1.807) is 258 Å². The summed E-state index contributed by atoms with van der Waals surface area (Å²) in [6.07, 6.45) is -4.33. The molecule has 0 unspecified atom stereocenters. The number of hydrogen-bond donors (Lipinski definition) is 19. The van der Waals surface area contributed by atoms with E-state index in [0.29, 0.717) is 90.7 Å². The molecule has 143 heavy (non-hydrogen) atoms. The molecule has 0 saturated carbocycles. The molecule has 10 aromatic rings. The van der Waals surface area contributed by atoms with Crippen LogP contribution in [0.25, 0.3) is 0 Å². The summed E-state index contributed by atoms with van der Waals surface area (Å²) >= 11 is 0. The summed E-state index contributed by atoms with van der Waals surface area (Å²) < 4.78 is 57.3. The Morgan fingerprint density at radius 1 is 0.154 bits per heavy atom. The van der Waals surface area contributed by atoms with Crippen molar-refractivity contribution in [1.29, 1.82) is 0 Å². The molecule has 10 aromatic carbocycles. The fourth-order valence-electron chi connectivity index (χ4n) is 9.31. The van der Waals surface area contributed by atoms with E-state index in [1.165, 1.54) is 102 Å². The second kappa shape index (κ2) is 71.3. The molecule has 0 heterocycles. The number of benzene rings is 10. The van der Waals surface area contributed by atoms with Crippen LogP contribution in [-0.2, 0) is 14.2 Å². The van der Waals surface area contributed by atoms with E-state index >= 15 is 0 Å². The number of ether oxygens (including phenoxy) is 12. The maximum atomic E-state index is 11.2. The van der Waals surface area contributed by atoms with Gasteiger partial charge in [0.15, 0.2) is 0 Å². The van der Waals surface area contributed by atoms with E-state index in [4.69, 9.17) is 42.6 Å². The maximum Gasteiger partial charge on any atom is 0.412 e. The first-order valence-corrected chi connectivity index (χ1v) is 41.8. The smallest absolute Gasteiger partial charge is 0.412 e. The molecule has 0 fully saturated rings. The Bertz CT molecular complexity index is 5000. The minimum Gasteiger partial charge on any atom is -0.497 e. The van der Waals surface area contributed by atoms with Gasteiger partial charge in [-0.1, -0.05) is 0 Å². The Morgan fingerprint density at radius 2 is 0.287 bits per heavy atom. The Labute approximate surface area is 825 Å². The van der Waals surface area contributed by atoms with Gasteiger partial charge in [-0.3, -0.25) is 39.9 Å². The van der Waals surface area contributed by atoms with Gasteiger partial charge in [-0.25, -0.2) is 52.7 Å². The largest absolute Gasteiger partial charge is 0.497 e. The summed E-state index contributed by atoms with van der Waals surface area (Å²) in [4.78, 5) is 175. The van der Waals surface area contributed by atoms with Crippen LogP contribution in [0.3, 0.4) is 0 Å². The first kappa shape index (κ1) is 122. The predicted octanol–water partition coefficient (Wildman–Crippen LogP) is 12.1. The normalized spacial score (nSPS) is 9.15. The van der Waals surface area contributed by atoms with Crippen molar-refractivity contribution in [2.24, 2.45) is 0 Å². The van der Waals surface area contributed by atoms with Crippen LogP contribution in [0.5, 0.6) is 51.7 Å². The molecule has 0 saturated heterocycles. The predicted molar refractivity (Wildman–Crippen MR) is 535 cm³/mol. The molecule has 0 spiro atoms. The summed E-state index contributed by atoms with van der Waals surface area (Å²) in [6, 6.07) is 65.3. The van der Waals surface area contributed by atoms with Crippen molar-refractivity contribution in [3.63, 3.8) is 0 Å². The molecule has 0 aliphatic carbocycles. The lowest BCUT2D eigenvalue weighted by Gasteiger charge is -2.06. The standard InChI is InChI=1S/C10H14N4O2.C10H13N3O2.3C10H12N2O4.C10H12N2O3.C10H12N2O2.C9H11NO3.C9H11NO2.C8H10O2/c1-11-9(15)13-7-3-5-8(6-4-7)14-10(16)12-2;1-11-9(14)7-3-5-8(6-4-7)13-10(15)12-2;1-15-9(13)11-7-3-5-8(6-4-7)12-10(14)16-2;1-11-9(13)16-8-5-3-7(4-6-8)12-10(14)15-2;1-11-9(13)15-7-3-5-8(6-4-7)16-10(14)12-2;1-11-9(13)7-3-5-8(6-4-7)15-10(14)12-2;1-11-9(13)7-3-5-8(6-4-7)10(14)12-2;1-10-9(11)13-8-5-3-7(12-2)4-6-8;1-10-9(11)7-3-5-8(12-2)6-4-7;1-9-7-3-5-8(10-2)6-4-7/h3-6H,1-2H3,(H2,11,13,15)(H2,12,14,16);3-6H,1-2H3,(H,11,14)(H2,12,13,15);3*3-6H,1-2H3,(H,11,13)(H,12,14);3-6H,1-2H3,(H,11,13)(H,12,14);3-6H,1-2H3,(H,11,13)(H,12,14);3-6H,1-2H3,(H,10,11);3-6H,1-2H3,(H,10,11);3-6H,1-2H3. The molecule has 19 N–H and O–H groups in total. The van der Waals surface area contributed by atoms with Crippen LogP contribution in [0.15, 0.2) is 243 Å². The van der Waals surface area contributed by atoms with Gasteiger partial charge in [0, 0.05) is 154 Å². The molecule has 0 aliphatic heterocycles. The third kappa shape index (κ3) is 52.4. The quantitative estimate of drug-likeness (QED) is 0.0315. The summed E-state index contributed by atoms with van der Waals surface area (Å²) in [6.45, 7) is 0. The van der Waals surface area contributed by atoms with Crippen LogP contribution in [0.4, 0.5) is 86.9 Å². The SMILES string of the molecule is CNC(=O)Nc1ccc(C(=O)NC)cc1.CNC(=O)Nc1ccc(NC(=O)NC)cc1.CNC(=O)Oc1ccc(C(=O)NC)cc1.CNC(=O)Oc1ccc(NC(=O)OC)cc1.CNC(=O)Oc1ccc(OC(=O)NC)cc1.CNC(=O)Oc1ccc(OC)cc1.CNC(=O)c1ccc(C(=O)NC)cc1.CNC(=O)c1ccc(OC)cc1.COC(=O)Nc1ccc(NC(=O)OC)cc1.COc1ccc(OC)cc1. The molecule has 766 valence electrons. The highest BCUT2D eigenvalue weighted by molar-refractivity contribution is 5.99. The number of anilines is 6. The van der Waals surface area contributed by atoms with Crippen LogP contribution in [0.2, 0.25) is 0 Å². The first-order chi connectivity index (χ1) is 68.5. The van der Waals surface area contributed by atoms with Gasteiger partial charge in [0.2, 0.25) is 0 Å². The van der Waals surface area contributed by atoms with Crippen LogP contribution in [0, 0.1) is 0 Å². The fourth-order valence-corrected chi connectivity index (χ4v) is 9.31. The maximum absolute atomic E-state index is 11.2. The third-order valence-electron chi connectivity index (χ3n) is 16.8. The number of urea groups is 3. The van der Waals surface area contributed by atoms with Crippen molar-refractivity contribution >= 4 is 130 Å². The Balaban J connectivity index is 0.000000796. The number of amides is 19. The Kier molecular flexibility index (Phi) is 60.7. The van der Waals surface area contributed by atoms with E-state index in [-0.39, 0.29) is 47.6 Å². The van der Waals surface area contributed by atoms with Crippen molar-refractivity contribution in [1.82, 2.24) is 69.1 Å². The molecule has 19 amide bonds. The molecule has 0 atom stereocenters. The minimum atomic E-state index is -0.556. The van der Waals surface area contributed by atoms with Crippen LogP contribution >= 0.6 is 0 Å². The van der Waals surface area contributed by atoms with E-state index in [0.717, 1.165) is 23.0 Å². The van der Waals surface area contributed by atoms with E-state index in [2.05, 4.69) is 115 Å². The zero-order valence-electron chi connectivity index (χ0n) is 82.0. The molecule has 0 radical (unpaired) electrons. The summed E-state index contributed by atoms with van der Waals surface area (Å²) in [7, 11) is 30.1. The molecule has 47 heteroatoms. The van der Waals surface area contributed by atoms with E-state index in [1.807, 2.05) is 24.3 Å². The van der Waals surface area contributed by atoms with Crippen molar-refractivity contribution in [2.75, 3.05) is 173 Å². The first-order valence-electron chi connectivity index (χ1n) is 41.8. The summed E-state index contributed by atoms with van der Waals surface area (Å²) in [5.41, 5.74) is 6.44. The lowest BCUT2D eigenvalue weighted by Crippen LogP contribution is -2.25. The van der Waals surface area contributed by atoms with E-state index in [9.17, 15) is 76.7 Å². The number of rotatable bonds is 20. The highest BCUT2D eigenvalue weighted by atomic mass is 16.6. The average Bonchev–Trinajstić information content (AvgIpc) is 0.862. The van der Waals surface area contributed by atoms with Crippen molar-refractivity contribution < 1.29 is 134 Å². The van der Waals surface area contributed by atoms with Gasteiger partial charge in [0.1, 0.15) is 51.7 Å². The monoisotopic (exact) mass is 1990 g/mol. The molecule has 0 aliphatic rings. The van der Waals surface area contributed by atoms with Crippen molar-refractivity contribution in [3.8, 4) is 51.7 Å². The molecular weight excluding hydrogens is 1870 g/mol. The second-order valence-electron chi connectivity index (χ2n) is 26.2.